The van der Waals surface area contributed by atoms with Gasteiger partial charge in [-0.05, 0) is 33.8 Å². The summed E-state index contributed by atoms with van der Waals surface area (Å²) >= 11 is 0. The molecule has 7 heteroatoms. The Kier molecular flexibility index (Phi) is 3.49. The zero-order chi connectivity index (χ0) is 14.4. The molecule has 1 aromatic rings. The van der Waals surface area contributed by atoms with Crippen LogP contribution in [0.5, 0.6) is 5.75 Å². The van der Waals surface area contributed by atoms with Crippen LogP contribution in [-0.4, -0.2) is 38.9 Å². The average molecular weight is 283 g/mol. The minimum absolute atomic E-state index is 0.104. The molecule has 0 amide bonds. The minimum atomic E-state index is -1.32. The molecular formula is C12H18BNO4S. The second-order valence-corrected chi connectivity index (χ2v) is 6.93. The highest BCUT2D eigenvalue weighted by Gasteiger charge is 2.51. The number of hydrogen-bond acceptors (Lipinski definition) is 5. The van der Waals surface area contributed by atoms with Crippen molar-refractivity contribution in [3.63, 3.8) is 0 Å². The number of aromatic nitrogens is 1. The summed E-state index contributed by atoms with van der Waals surface area (Å²) in [5.41, 5.74) is -0.274. The van der Waals surface area contributed by atoms with Crippen LogP contribution in [-0.2, 0) is 20.1 Å². The standard InChI is InChI=1S/C12H18BNO4S/c1-11(2)12(3,4)18-13(17-11)8-6-9(15)10(14-7-8)19(5)16/h6-7,15H,1-5H3. The highest BCUT2D eigenvalue weighted by atomic mass is 32.2. The van der Waals surface area contributed by atoms with E-state index in [9.17, 15) is 9.32 Å². The molecule has 1 aromatic heterocycles. The summed E-state index contributed by atoms with van der Waals surface area (Å²) in [7, 11) is -1.90. The van der Waals surface area contributed by atoms with Crippen molar-refractivity contribution in [2.45, 2.75) is 43.9 Å². The third kappa shape index (κ3) is 2.54. The van der Waals surface area contributed by atoms with Crippen molar-refractivity contribution in [3.8, 4) is 5.75 Å². The lowest BCUT2D eigenvalue weighted by Gasteiger charge is -2.32. The Morgan fingerprint density at radius 1 is 1.26 bits per heavy atom. The molecule has 1 fully saturated rings. The molecule has 0 saturated carbocycles. The fourth-order valence-electron chi connectivity index (χ4n) is 1.79. The molecule has 2 heterocycles. The van der Waals surface area contributed by atoms with Crippen LogP contribution in [0.25, 0.3) is 0 Å². The van der Waals surface area contributed by atoms with E-state index in [1.807, 2.05) is 27.7 Å². The van der Waals surface area contributed by atoms with Crippen LogP contribution < -0.4 is 5.46 Å². The number of aromatic hydroxyl groups is 1. The van der Waals surface area contributed by atoms with Crippen molar-refractivity contribution in [1.29, 1.82) is 0 Å². The molecule has 1 unspecified atom stereocenters. The van der Waals surface area contributed by atoms with Gasteiger partial charge in [-0.3, -0.25) is 4.21 Å². The van der Waals surface area contributed by atoms with E-state index in [1.165, 1.54) is 18.5 Å². The first-order chi connectivity index (χ1) is 8.64. The first kappa shape index (κ1) is 14.5. The van der Waals surface area contributed by atoms with Gasteiger partial charge in [-0.2, -0.15) is 0 Å². The van der Waals surface area contributed by atoms with E-state index in [4.69, 9.17) is 9.31 Å². The van der Waals surface area contributed by atoms with E-state index in [0.717, 1.165) is 0 Å². The fourth-order valence-corrected chi connectivity index (χ4v) is 2.34. The van der Waals surface area contributed by atoms with Crippen LogP contribution in [0.2, 0.25) is 0 Å². The molecule has 5 nitrogen and oxygen atoms in total. The molecular weight excluding hydrogens is 265 g/mol. The number of nitrogens with zero attached hydrogens (tertiary/aromatic N) is 1. The lowest BCUT2D eigenvalue weighted by molar-refractivity contribution is 0.00578. The largest absolute Gasteiger partial charge is 0.505 e. The Hall–Kier alpha value is -0.915. The van der Waals surface area contributed by atoms with Gasteiger partial charge in [0.05, 0.1) is 22.0 Å². The molecule has 1 aliphatic rings. The minimum Gasteiger partial charge on any atom is -0.505 e. The Labute approximate surface area is 115 Å². The second kappa shape index (κ2) is 4.57. The van der Waals surface area contributed by atoms with Crippen LogP contribution in [0.3, 0.4) is 0 Å². The summed E-state index contributed by atoms with van der Waals surface area (Å²) in [4.78, 5) is 4.01. The maximum absolute atomic E-state index is 11.3. The molecule has 0 bridgehead atoms. The first-order valence-electron chi connectivity index (χ1n) is 6.02. The van der Waals surface area contributed by atoms with Crippen molar-refractivity contribution in [1.82, 2.24) is 4.98 Å². The zero-order valence-electron chi connectivity index (χ0n) is 11.8. The van der Waals surface area contributed by atoms with Gasteiger partial charge in [0.1, 0.15) is 5.75 Å². The first-order valence-corrected chi connectivity index (χ1v) is 7.58. The van der Waals surface area contributed by atoms with Gasteiger partial charge in [0.15, 0.2) is 5.03 Å². The van der Waals surface area contributed by atoms with Gasteiger partial charge < -0.3 is 14.4 Å². The molecule has 1 N–H and O–H groups in total. The topological polar surface area (TPSA) is 68.7 Å². The third-order valence-electron chi connectivity index (χ3n) is 3.65. The molecule has 0 aliphatic carbocycles. The van der Waals surface area contributed by atoms with E-state index < -0.39 is 29.1 Å². The molecule has 2 rings (SSSR count). The Morgan fingerprint density at radius 2 is 1.79 bits per heavy atom. The summed E-state index contributed by atoms with van der Waals surface area (Å²) in [5, 5.41) is 9.98. The predicted molar refractivity (Wildman–Crippen MR) is 74.0 cm³/mol. The Bertz CT molecular complexity index is 516. The molecule has 104 valence electrons. The van der Waals surface area contributed by atoms with Gasteiger partial charge in [0.25, 0.3) is 0 Å². The normalized spacial score (nSPS) is 22.5. The Morgan fingerprint density at radius 3 is 2.21 bits per heavy atom. The molecule has 0 radical (unpaired) electrons. The number of pyridine rings is 1. The van der Waals surface area contributed by atoms with Crippen LogP contribution in [0.1, 0.15) is 27.7 Å². The zero-order valence-corrected chi connectivity index (χ0v) is 12.6. The van der Waals surface area contributed by atoms with Crippen LogP contribution in [0.4, 0.5) is 0 Å². The van der Waals surface area contributed by atoms with Crippen LogP contribution >= 0.6 is 0 Å². The molecule has 0 aromatic carbocycles. The quantitative estimate of drug-likeness (QED) is 0.814. The van der Waals surface area contributed by atoms with Gasteiger partial charge in [-0.1, -0.05) is 0 Å². The number of rotatable bonds is 2. The smallest absolute Gasteiger partial charge is 0.496 e. The predicted octanol–water partition coefficient (Wildman–Crippen LogP) is 0.824. The van der Waals surface area contributed by atoms with Crippen LogP contribution in [0.15, 0.2) is 17.3 Å². The fraction of sp³-hybridized carbons (Fsp3) is 0.583. The van der Waals surface area contributed by atoms with Crippen molar-refractivity contribution >= 4 is 23.4 Å². The lowest BCUT2D eigenvalue weighted by atomic mass is 9.80. The van der Waals surface area contributed by atoms with Gasteiger partial charge in [0, 0.05) is 17.9 Å². The SMILES string of the molecule is CS(=O)c1ncc(B2OC(C)(C)C(C)(C)O2)cc1O. The second-order valence-electron chi connectivity index (χ2n) is 5.64. The molecule has 19 heavy (non-hydrogen) atoms. The van der Waals surface area contributed by atoms with E-state index >= 15 is 0 Å². The van der Waals surface area contributed by atoms with Gasteiger partial charge in [-0.25, -0.2) is 4.98 Å². The maximum atomic E-state index is 11.3. The van der Waals surface area contributed by atoms with E-state index in [1.54, 1.807) is 0 Å². The number of hydrogen-bond donors (Lipinski definition) is 1. The van der Waals surface area contributed by atoms with E-state index in [0.29, 0.717) is 5.46 Å². The highest BCUT2D eigenvalue weighted by molar-refractivity contribution is 7.84. The summed E-state index contributed by atoms with van der Waals surface area (Å²) in [6.07, 6.45) is 3.00. The molecule has 1 saturated heterocycles. The summed E-state index contributed by atoms with van der Waals surface area (Å²) in [5.74, 6) is -0.104. The maximum Gasteiger partial charge on any atom is 0.496 e. The average Bonchev–Trinajstić information content (AvgIpc) is 2.47. The van der Waals surface area contributed by atoms with Crippen molar-refractivity contribution in [3.05, 3.63) is 12.3 Å². The van der Waals surface area contributed by atoms with Crippen molar-refractivity contribution < 1.29 is 18.6 Å². The van der Waals surface area contributed by atoms with E-state index in [-0.39, 0.29) is 10.8 Å². The van der Waals surface area contributed by atoms with Gasteiger partial charge in [0.2, 0.25) is 0 Å². The summed E-state index contributed by atoms with van der Waals surface area (Å²) in [6.45, 7) is 7.82. The molecule has 1 aliphatic heterocycles. The molecule has 1 atom stereocenters. The van der Waals surface area contributed by atoms with Crippen molar-refractivity contribution in [2.75, 3.05) is 6.26 Å². The highest BCUT2D eigenvalue weighted by Crippen LogP contribution is 2.36. The van der Waals surface area contributed by atoms with Gasteiger partial charge >= 0.3 is 7.12 Å². The monoisotopic (exact) mass is 283 g/mol. The lowest BCUT2D eigenvalue weighted by Crippen LogP contribution is -2.41. The summed E-state index contributed by atoms with van der Waals surface area (Å²) in [6, 6.07) is 1.49. The molecule has 0 spiro atoms. The van der Waals surface area contributed by atoms with Crippen molar-refractivity contribution in [2.24, 2.45) is 0 Å². The van der Waals surface area contributed by atoms with Crippen LogP contribution in [0, 0.1) is 0 Å². The Balaban J connectivity index is 2.31. The summed E-state index contributed by atoms with van der Waals surface area (Å²) < 4.78 is 23.0. The third-order valence-corrected chi connectivity index (χ3v) is 4.51. The van der Waals surface area contributed by atoms with E-state index in [2.05, 4.69) is 4.98 Å². The van der Waals surface area contributed by atoms with Gasteiger partial charge in [-0.15, -0.1) is 0 Å².